The molecule has 3 aromatic rings. The summed E-state index contributed by atoms with van der Waals surface area (Å²) in [6, 6.07) is 18.2. The number of hydrogen-bond donors (Lipinski definition) is 1. The molecule has 4 rings (SSSR count). The van der Waals surface area contributed by atoms with Crippen molar-refractivity contribution in [1.29, 1.82) is 0 Å². The highest BCUT2D eigenvalue weighted by molar-refractivity contribution is 7.09. The van der Waals surface area contributed by atoms with Crippen molar-refractivity contribution in [2.24, 2.45) is 5.73 Å². The van der Waals surface area contributed by atoms with E-state index >= 15 is 0 Å². The van der Waals surface area contributed by atoms with E-state index in [1.807, 2.05) is 66.4 Å². The lowest BCUT2D eigenvalue weighted by Crippen LogP contribution is -2.41. The second-order valence-electron chi connectivity index (χ2n) is 7.21. The molecule has 0 spiro atoms. The summed E-state index contributed by atoms with van der Waals surface area (Å²) in [5.74, 6) is 0.135. The van der Waals surface area contributed by atoms with Gasteiger partial charge in [0.05, 0.1) is 22.7 Å². The van der Waals surface area contributed by atoms with E-state index < -0.39 is 5.54 Å². The van der Waals surface area contributed by atoms with Crippen molar-refractivity contribution < 1.29 is 4.79 Å². The molecule has 27 heavy (non-hydrogen) atoms. The van der Waals surface area contributed by atoms with Crippen LogP contribution in [0.1, 0.15) is 22.6 Å². The quantitative estimate of drug-likeness (QED) is 0.753. The van der Waals surface area contributed by atoms with Gasteiger partial charge in [-0.2, -0.15) is 0 Å². The molecule has 5 heteroatoms. The van der Waals surface area contributed by atoms with Crippen molar-refractivity contribution in [2.75, 3.05) is 13.1 Å². The normalized spacial score (nSPS) is 19.4. The average Bonchev–Trinajstić information content (AvgIpc) is 3.30. The molecule has 1 unspecified atom stereocenters. The van der Waals surface area contributed by atoms with E-state index in [-0.39, 0.29) is 5.91 Å². The minimum atomic E-state index is -0.441. The van der Waals surface area contributed by atoms with E-state index in [1.54, 1.807) is 11.3 Å². The van der Waals surface area contributed by atoms with Crippen molar-refractivity contribution in [1.82, 2.24) is 9.88 Å². The van der Waals surface area contributed by atoms with Gasteiger partial charge in [-0.1, -0.05) is 54.6 Å². The van der Waals surface area contributed by atoms with Crippen LogP contribution in [-0.2, 0) is 16.8 Å². The molecule has 0 aliphatic carbocycles. The van der Waals surface area contributed by atoms with Crippen molar-refractivity contribution in [3.05, 3.63) is 76.1 Å². The van der Waals surface area contributed by atoms with Gasteiger partial charge in [-0.3, -0.25) is 4.79 Å². The molecule has 1 saturated heterocycles. The van der Waals surface area contributed by atoms with E-state index in [0.29, 0.717) is 19.5 Å². The third-order valence-corrected chi connectivity index (χ3v) is 6.00. The zero-order chi connectivity index (χ0) is 18.9. The maximum atomic E-state index is 12.8. The first-order valence-electron chi connectivity index (χ1n) is 9.17. The lowest BCUT2D eigenvalue weighted by atomic mass is 9.90. The largest absolute Gasteiger partial charge is 0.340 e. The minimum absolute atomic E-state index is 0.135. The predicted octanol–water partition coefficient (Wildman–Crippen LogP) is 3.75. The minimum Gasteiger partial charge on any atom is -0.340 e. The van der Waals surface area contributed by atoms with Gasteiger partial charge in [0.15, 0.2) is 0 Å². The Morgan fingerprint density at radius 2 is 1.93 bits per heavy atom. The van der Waals surface area contributed by atoms with E-state index in [9.17, 15) is 4.79 Å². The van der Waals surface area contributed by atoms with Crippen LogP contribution in [-0.4, -0.2) is 28.9 Å². The van der Waals surface area contributed by atoms with Crippen LogP contribution < -0.4 is 5.73 Å². The molecular formula is C22H23N3OS. The highest BCUT2D eigenvalue weighted by Crippen LogP contribution is 2.30. The molecule has 2 heterocycles. The van der Waals surface area contributed by atoms with Gasteiger partial charge in [0, 0.05) is 24.0 Å². The third kappa shape index (κ3) is 3.80. The average molecular weight is 378 g/mol. The van der Waals surface area contributed by atoms with Crippen LogP contribution in [0, 0.1) is 6.92 Å². The Hall–Kier alpha value is -2.50. The molecule has 1 aromatic heterocycles. The molecule has 1 aliphatic heterocycles. The van der Waals surface area contributed by atoms with Crippen molar-refractivity contribution >= 4 is 17.2 Å². The Bertz CT molecular complexity index is 936. The first-order chi connectivity index (χ1) is 13.0. The van der Waals surface area contributed by atoms with Gasteiger partial charge in [-0.05, 0) is 24.5 Å². The molecule has 0 bridgehead atoms. The monoisotopic (exact) mass is 377 g/mol. The molecule has 4 nitrogen and oxygen atoms in total. The third-order valence-electron chi connectivity index (χ3n) is 5.23. The Balaban J connectivity index is 1.41. The number of carbonyl (C=O) groups excluding carboxylic acids is 1. The fraction of sp³-hybridized carbons (Fsp3) is 0.273. The van der Waals surface area contributed by atoms with E-state index in [4.69, 9.17) is 5.73 Å². The molecule has 2 N–H and O–H groups in total. The number of amides is 1. The number of benzene rings is 2. The fourth-order valence-electron chi connectivity index (χ4n) is 3.63. The Kier molecular flexibility index (Phi) is 4.81. The first-order valence-corrected chi connectivity index (χ1v) is 10.1. The van der Waals surface area contributed by atoms with Gasteiger partial charge in [0.2, 0.25) is 5.91 Å². The van der Waals surface area contributed by atoms with Gasteiger partial charge in [0.1, 0.15) is 0 Å². The lowest BCUT2D eigenvalue weighted by molar-refractivity contribution is -0.129. The molecule has 1 amide bonds. The van der Waals surface area contributed by atoms with Crippen molar-refractivity contribution in [2.45, 2.75) is 25.3 Å². The summed E-state index contributed by atoms with van der Waals surface area (Å²) in [5.41, 5.74) is 10.3. The summed E-state index contributed by atoms with van der Waals surface area (Å²) in [7, 11) is 0. The lowest BCUT2D eigenvalue weighted by Gasteiger charge is -2.25. The molecule has 1 atom stereocenters. The van der Waals surface area contributed by atoms with Crippen LogP contribution in [0.2, 0.25) is 0 Å². The van der Waals surface area contributed by atoms with Crippen LogP contribution in [0.3, 0.4) is 0 Å². The number of likely N-dealkylation sites (tertiary alicyclic amines) is 1. The molecule has 0 saturated carbocycles. The number of carbonyl (C=O) groups is 1. The van der Waals surface area contributed by atoms with Gasteiger partial charge in [-0.15, -0.1) is 11.3 Å². The Labute approximate surface area is 163 Å². The highest BCUT2D eigenvalue weighted by Gasteiger charge is 2.37. The van der Waals surface area contributed by atoms with Gasteiger partial charge >= 0.3 is 0 Å². The zero-order valence-corrected chi connectivity index (χ0v) is 16.2. The predicted molar refractivity (Wildman–Crippen MR) is 109 cm³/mol. The summed E-state index contributed by atoms with van der Waals surface area (Å²) in [6.45, 7) is 3.29. The second-order valence-corrected chi connectivity index (χ2v) is 8.28. The summed E-state index contributed by atoms with van der Waals surface area (Å²) in [4.78, 5) is 19.2. The molecule has 1 fully saturated rings. The van der Waals surface area contributed by atoms with Crippen molar-refractivity contribution in [3.8, 4) is 11.3 Å². The number of hydrogen-bond acceptors (Lipinski definition) is 4. The standard InChI is InChI=1S/C22H23N3OS/c1-16-24-20(14-27-16)18-9-7-17(8-10-18)13-21(26)25-12-11-22(23,15-25)19-5-3-2-4-6-19/h2-10,14H,11-13,15,23H2,1H3. The van der Waals surface area contributed by atoms with Crippen LogP contribution in [0.4, 0.5) is 0 Å². The number of aromatic nitrogens is 1. The number of nitrogens with two attached hydrogens (primary N) is 1. The zero-order valence-electron chi connectivity index (χ0n) is 15.4. The van der Waals surface area contributed by atoms with Crippen LogP contribution in [0.5, 0.6) is 0 Å². The first kappa shape index (κ1) is 17.9. The summed E-state index contributed by atoms with van der Waals surface area (Å²) in [5, 5.41) is 3.12. The number of thiazole rings is 1. The van der Waals surface area contributed by atoms with Gasteiger partial charge < -0.3 is 10.6 Å². The summed E-state index contributed by atoms with van der Waals surface area (Å²) < 4.78 is 0. The smallest absolute Gasteiger partial charge is 0.227 e. The maximum Gasteiger partial charge on any atom is 0.227 e. The molecule has 0 radical (unpaired) electrons. The summed E-state index contributed by atoms with van der Waals surface area (Å²) >= 11 is 1.65. The van der Waals surface area contributed by atoms with Crippen LogP contribution in [0.25, 0.3) is 11.3 Å². The Morgan fingerprint density at radius 3 is 2.59 bits per heavy atom. The van der Waals surface area contributed by atoms with Crippen LogP contribution >= 0.6 is 11.3 Å². The van der Waals surface area contributed by atoms with E-state index in [1.165, 1.54) is 0 Å². The fourth-order valence-corrected chi connectivity index (χ4v) is 4.25. The second kappa shape index (κ2) is 7.25. The molecule has 1 aliphatic rings. The van der Waals surface area contributed by atoms with Crippen LogP contribution in [0.15, 0.2) is 60.0 Å². The molecular weight excluding hydrogens is 354 g/mol. The number of nitrogens with zero attached hydrogens (tertiary/aromatic N) is 2. The topological polar surface area (TPSA) is 59.2 Å². The van der Waals surface area contributed by atoms with Crippen molar-refractivity contribution in [3.63, 3.8) is 0 Å². The van der Waals surface area contributed by atoms with E-state index in [0.717, 1.165) is 33.8 Å². The maximum absolute atomic E-state index is 12.8. The van der Waals surface area contributed by atoms with Gasteiger partial charge in [-0.25, -0.2) is 4.98 Å². The number of rotatable bonds is 4. The molecule has 138 valence electrons. The summed E-state index contributed by atoms with van der Waals surface area (Å²) in [6.07, 6.45) is 1.20. The highest BCUT2D eigenvalue weighted by atomic mass is 32.1. The number of aryl methyl sites for hydroxylation is 1. The SMILES string of the molecule is Cc1nc(-c2ccc(CC(=O)N3CCC(N)(c4ccccc4)C3)cc2)cs1. The Morgan fingerprint density at radius 1 is 1.19 bits per heavy atom. The van der Waals surface area contributed by atoms with E-state index in [2.05, 4.69) is 10.4 Å². The van der Waals surface area contributed by atoms with Gasteiger partial charge in [0.25, 0.3) is 0 Å². The molecule has 2 aromatic carbocycles.